The molecule has 1 saturated heterocycles. The van der Waals surface area contributed by atoms with Crippen molar-refractivity contribution in [3.05, 3.63) is 59.1 Å². The molecule has 0 bridgehead atoms. The zero-order valence-electron chi connectivity index (χ0n) is 14.8. The van der Waals surface area contributed by atoms with E-state index in [0.717, 1.165) is 11.3 Å². The molecule has 1 atom stereocenters. The minimum atomic E-state index is -0.190. The molecule has 26 heavy (non-hydrogen) atoms. The van der Waals surface area contributed by atoms with Crippen molar-refractivity contribution in [3.63, 3.8) is 0 Å². The topological polar surface area (TPSA) is 49.9 Å². The number of anilines is 1. The Morgan fingerprint density at radius 1 is 1.19 bits per heavy atom. The van der Waals surface area contributed by atoms with Gasteiger partial charge in [-0.25, -0.2) is 0 Å². The summed E-state index contributed by atoms with van der Waals surface area (Å²) in [5.74, 6) is 0.374. The number of rotatable bonds is 4. The monoisotopic (exact) mass is 372 g/mol. The third-order valence-electron chi connectivity index (χ3n) is 4.49. The van der Waals surface area contributed by atoms with Gasteiger partial charge in [0.05, 0.1) is 0 Å². The Kier molecular flexibility index (Phi) is 5.47. The molecule has 6 heteroatoms. The summed E-state index contributed by atoms with van der Waals surface area (Å²) < 4.78 is 5.63. The van der Waals surface area contributed by atoms with Gasteiger partial charge in [-0.15, -0.1) is 0 Å². The SMILES string of the molecule is Cc1ccccc1OCC(=O)N1CC(=O)N(c2ccc(Cl)cc2)C[C@H]1C. The predicted molar refractivity (Wildman–Crippen MR) is 102 cm³/mol. The van der Waals surface area contributed by atoms with Crippen LogP contribution in [0, 0.1) is 6.92 Å². The fraction of sp³-hybridized carbons (Fsp3) is 0.300. The number of carbonyl (C=O) groups excluding carboxylic acids is 2. The van der Waals surface area contributed by atoms with E-state index in [-0.39, 0.29) is 31.0 Å². The maximum Gasteiger partial charge on any atom is 0.261 e. The summed E-state index contributed by atoms with van der Waals surface area (Å²) in [6.45, 7) is 4.26. The first-order valence-corrected chi connectivity index (χ1v) is 8.87. The maximum absolute atomic E-state index is 12.5. The van der Waals surface area contributed by atoms with Gasteiger partial charge in [-0.1, -0.05) is 29.8 Å². The molecular weight excluding hydrogens is 352 g/mol. The van der Waals surface area contributed by atoms with Gasteiger partial charge in [-0.3, -0.25) is 9.59 Å². The standard InChI is InChI=1S/C20H21ClN2O3/c1-14-5-3-4-6-18(14)26-13-20(25)22-12-19(24)23(11-15(22)2)17-9-7-16(21)8-10-17/h3-10,15H,11-13H2,1-2H3/t15-/m1/s1. The highest BCUT2D eigenvalue weighted by Crippen LogP contribution is 2.23. The Bertz CT molecular complexity index is 807. The van der Waals surface area contributed by atoms with Crippen LogP contribution in [-0.2, 0) is 9.59 Å². The van der Waals surface area contributed by atoms with Crippen LogP contribution in [0.4, 0.5) is 5.69 Å². The third-order valence-corrected chi connectivity index (χ3v) is 4.74. The first kappa shape index (κ1) is 18.3. The van der Waals surface area contributed by atoms with Crippen LogP contribution in [0.25, 0.3) is 0 Å². The molecule has 136 valence electrons. The van der Waals surface area contributed by atoms with E-state index in [9.17, 15) is 9.59 Å². The summed E-state index contributed by atoms with van der Waals surface area (Å²) >= 11 is 5.91. The van der Waals surface area contributed by atoms with Crippen molar-refractivity contribution < 1.29 is 14.3 Å². The molecule has 0 aromatic heterocycles. The van der Waals surface area contributed by atoms with Crippen LogP contribution in [0.1, 0.15) is 12.5 Å². The molecule has 5 nitrogen and oxygen atoms in total. The molecule has 2 aromatic rings. The average molecular weight is 373 g/mol. The molecule has 0 spiro atoms. The van der Waals surface area contributed by atoms with Crippen molar-refractivity contribution in [1.82, 2.24) is 4.90 Å². The van der Waals surface area contributed by atoms with Crippen molar-refractivity contribution in [2.24, 2.45) is 0 Å². The summed E-state index contributed by atoms with van der Waals surface area (Å²) in [4.78, 5) is 28.3. The van der Waals surface area contributed by atoms with Crippen LogP contribution < -0.4 is 9.64 Å². The van der Waals surface area contributed by atoms with E-state index in [2.05, 4.69) is 0 Å². The van der Waals surface area contributed by atoms with Crippen LogP contribution in [0.5, 0.6) is 5.75 Å². The number of para-hydroxylation sites is 1. The number of ether oxygens (including phenoxy) is 1. The number of halogens is 1. The zero-order valence-corrected chi connectivity index (χ0v) is 15.6. The number of nitrogens with zero attached hydrogens (tertiary/aromatic N) is 2. The molecule has 1 heterocycles. The van der Waals surface area contributed by atoms with Crippen molar-refractivity contribution in [1.29, 1.82) is 0 Å². The molecule has 0 radical (unpaired) electrons. The predicted octanol–water partition coefficient (Wildman–Crippen LogP) is 3.29. The average Bonchev–Trinajstić information content (AvgIpc) is 2.63. The van der Waals surface area contributed by atoms with Gasteiger partial charge in [0.25, 0.3) is 5.91 Å². The quantitative estimate of drug-likeness (QED) is 0.827. The molecule has 2 amide bonds. The molecular formula is C20H21ClN2O3. The largest absolute Gasteiger partial charge is 0.484 e. The molecule has 0 unspecified atom stereocenters. The summed E-state index contributed by atoms with van der Waals surface area (Å²) in [6.07, 6.45) is 0. The van der Waals surface area contributed by atoms with E-state index in [1.165, 1.54) is 0 Å². The van der Waals surface area contributed by atoms with Gasteiger partial charge in [-0.2, -0.15) is 0 Å². The van der Waals surface area contributed by atoms with Crippen LogP contribution in [0.15, 0.2) is 48.5 Å². The highest BCUT2D eigenvalue weighted by atomic mass is 35.5. The first-order chi connectivity index (χ1) is 12.5. The molecule has 0 saturated carbocycles. The van der Waals surface area contributed by atoms with E-state index in [4.69, 9.17) is 16.3 Å². The summed E-state index contributed by atoms with van der Waals surface area (Å²) in [6, 6.07) is 14.6. The molecule has 3 rings (SSSR count). The van der Waals surface area contributed by atoms with Crippen LogP contribution in [-0.4, -0.2) is 42.5 Å². The Morgan fingerprint density at radius 3 is 2.58 bits per heavy atom. The molecule has 1 fully saturated rings. The number of carbonyl (C=O) groups is 2. The molecule has 0 N–H and O–H groups in total. The lowest BCUT2D eigenvalue weighted by Gasteiger charge is -2.39. The number of hydrogen-bond acceptors (Lipinski definition) is 3. The molecule has 0 aliphatic carbocycles. The highest BCUT2D eigenvalue weighted by molar-refractivity contribution is 6.30. The normalized spacial score (nSPS) is 17.3. The van der Waals surface area contributed by atoms with E-state index >= 15 is 0 Å². The number of hydrogen-bond donors (Lipinski definition) is 0. The lowest BCUT2D eigenvalue weighted by Crippen LogP contribution is -2.58. The van der Waals surface area contributed by atoms with Gasteiger partial charge < -0.3 is 14.5 Å². The zero-order chi connectivity index (χ0) is 18.7. The molecule has 1 aliphatic rings. The van der Waals surface area contributed by atoms with E-state index in [0.29, 0.717) is 17.3 Å². The highest BCUT2D eigenvalue weighted by Gasteiger charge is 2.33. The third kappa shape index (κ3) is 3.99. The van der Waals surface area contributed by atoms with Crippen LogP contribution >= 0.6 is 11.6 Å². The Balaban J connectivity index is 1.63. The fourth-order valence-electron chi connectivity index (χ4n) is 3.00. The molecule has 2 aromatic carbocycles. The Morgan fingerprint density at radius 2 is 1.88 bits per heavy atom. The molecule has 1 aliphatic heterocycles. The van der Waals surface area contributed by atoms with Crippen molar-refractivity contribution >= 4 is 29.1 Å². The second-order valence-corrected chi connectivity index (χ2v) is 6.84. The number of amides is 2. The Labute approximate surface area is 158 Å². The van der Waals surface area contributed by atoms with Gasteiger partial charge in [0, 0.05) is 23.3 Å². The summed E-state index contributed by atoms with van der Waals surface area (Å²) in [5.41, 5.74) is 1.76. The van der Waals surface area contributed by atoms with E-state index in [1.54, 1.807) is 21.9 Å². The van der Waals surface area contributed by atoms with E-state index in [1.807, 2.05) is 50.2 Å². The lowest BCUT2D eigenvalue weighted by atomic mass is 10.1. The van der Waals surface area contributed by atoms with E-state index < -0.39 is 0 Å². The smallest absolute Gasteiger partial charge is 0.261 e. The van der Waals surface area contributed by atoms with Crippen molar-refractivity contribution in [2.45, 2.75) is 19.9 Å². The minimum Gasteiger partial charge on any atom is -0.484 e. The van der Waals surface area contributed by atoms with Crippen molar-refractivity contribution in [2.75, 3.05) is 24.6 Å². The van der Waals surface area contributed by atoms with Gasteiger partial charge in [0.2, 0.25) is 5.91 Å². The van der Waals surface area contributed by atoms with Crippen LogP contribution in [0.3, 0.4) is 0 Å². The van der Waals surface area contributed by atoms with Crippen LogP contribution in [0.2, 0.25) is 5.02 Å². The number of benzene rings is 2. The van der Waals surface area contributed by atoms with Gasteiger partial charge in [0.1, 0.15) is 12.3 Å². The van der Waals surface area contributed by atoms with Gasteiger partial charge in [-0.05, 0) is 49.7 Å². The van der Waals surface area contributed by atoms with Gasteiger partial charge >= 0.3 is 0 Å². The summed E-state index contributed by atoms with van der Waals surface area (Å²) in [7, 11) is 0. The summed E-state index contributed by atoms with van der Waals surface area (Å²) in [5, 5.41) is 0.622. The minimum absolute atomic E-state index is 0.0414. The first-order valence-electron chi connectivity index (χ1n) is 8.49. The van der Waals surface area contributed by atoms with Crippen molar-refractivity contribution in [3.8, 4) is 5.75 Å². The Hall–Kier alpha value is -2.53. The maximum atomic E-state index is 12.5. The second kappa shape index (κ2) is 7.79. The number of aryl methyl sites for hydroxylation is 1. The second-order valence-electron chi connectivity index (χ2n) is 6.41. The number of piperazine rings is 1. The fourth-order valence-corrected chi connectivity index (χ4v) is 3.12. The lowest BCUT2D eigenvalue weighted by molar-refractivity contribution is -0.141. The van der Waals surface area contributed by atoms with Gasteiger partial charge in [0.15, 0.2) is 6.61 Å².